The fourth-order valence-electron chi connectivity index (χ4n) is 4.64. The molecule has 1 saturated carbocycles. The van der Waals surface area contributed by atoms with E-state index >= 15 is 0 Å². The smallest absolute Gasteiger partial charge is 0.256 e. The van der Waals surface area contributed by atoms with Crippen molar-refractivity contribution in [3.05, 3.63) is 30.5 Å². The highest BCUT2D eigenvalue weighted by atomic mass is 19.3. The van der Waals surface area contributed by atoms with E-state index in [9.17, 15) is 8.78 Å². The summed E-state index contributed by atoms with van der Waals surface area (Å²) in [7, 11) is 0. The van der Waals surface area contributed by atoms with Gasteiger partial charge in [0.05, 0.1) is 18.2 Å². The zero-order chi connectivity index (χ0) is 22.9. The first-order chi connectivity index (χ1) is 16.0. The number of ether oxygens (including phenoxy) is 1. The molecule has 1 aliphatic rings. The van der Waals surface area contributed by atoms with Crippen LogP contribution in [0.5, 0.6) is 0 Å². The van der Waals surface area contributed by atoms with Crippen LogP contribution in [0.4, 0.5) is 14.7 Å². The average molecular weight is 456 g/mol. The lowest BCUT2D eigenvalue weighted by Gasteiger charge is -2.28. The Kier molecular flexibility index (Phi) is 5.92. The highest BCUT2D eigenvalue weighted by Crippen LogP contribution is 2.30. The third-order valence-electron chi connectivity index (χ3n) is 6.27. The number of imidazole rings is 1. The Labute approximate surface area is 189 Å². The van der Waals surface area contributed by atoms with E-state index in [0.29, 0.717) is 40.7 Å². The van der Waals surface area contributed by atoms with Crippen LogP contribution in [0.3, 0.4) is 0 Å². The summed E-state index contributed by atoms with van der Waals surface area (Å²) in [6.07, 6.45) is 7.36. The van der Waals surface area contributed by atoms with Crippen LogP contribution >= 0.6 is 0 Å². The van der Waals surface area contributed by atoms with Crippen molar-refractivity contribution in [1.29, 1.82) is 0 Å². The molecule has 174 valence electrons. The molecule has 2 N–H and O–H groups in total. The van der Waals surface area contributed by atoms with Gasteiger partial charge >= 0.3 is 0 Å². The topological polar surface area (TPSA) is 93.5 Å². The maximum Gasteiger partial charge on any atom is 0.256 e. The molecule has 0 amide bonds. The number of hydrogen-bond donors (Lipinski definition) is 2. The van der Waals surface area contributed by atoms with E-state index < -0.39 is 13.0 Å². The van der Waals surface area contributed by atoms with E-state index in [-0.39, 0.29) is 0 Å². The van der Waals surface area contributed by atoms with Crippen molar-refractivity contribution in [2.45, 2.75) is 64.6 Å². The molecule has 0 atom stereocenters. The number of hydrogen-bond acceptors (Lipinski definition) is 6. The number of nitrogens with zero attached hydrogens (tertiary/aromatic N) is 5. The second kappa shape index (κ2) is 9.01. The number of H-pyrrole nitrogens is 1. The molecular formula is C23H27F2N7O. The number of halogens is 2. The molecule has 8 nitrogen and oxygen atoms in total. The number of alkyl halides is 2. The Morgan fingerprint density at radius 1 is 1.18 bits per heavy atom. The van der Waals surface area contributed by atoms with Gasteiger partial charge in [-0.3, -0.25) is 0 Å². The number of aromatic amines is 1. The van der Waals surface area contributed by atoms with Gasteiger partial charge in [-0.2, -0.15) is 4.98 Å². The van der Waals surface area contributed by atoms with E-state index in [1.807, 2.05) is 19.2 Å². The maximum absolute atomic E-state index is 13.0. The minimum absolute atomic E-state index is 0.332. The highest BCUT2D eigenvalue weighted by molar-refractivity contribution is 5.95. The van der Waals surface area contributed by atoms with E-state index in [1.54, 1.807) is 19.3 Å². The number of aromatic nitrogens is 6. The highest BCUT2D eigenvalue weighted by Gasteiger charge is 2.22. The second-order valence-corrected chi connectivity index (χ2v) is 8.46. The summed E-state index contributed by atoms with van der Waals surface area (Å²) in [6, 6.07) is 2.18. The molecular weight excluding hydrogens is 428 g/mol. The van der Waals surface area contributed by atoms with E-state index in [1.165, 1.54) is 4.57 Å². The van der Waals surface area contributed by atoms with Gasteiger partial charge in [-0.1, -0.05) is 0 Å². The van der Waals surface area contributed by atoms with Gasteiger partial charge < -0.3 is 19.6 Å². The summed E-state index contributed by atoms with van der Waals surface area (Å²) < 4.78 is 33.3. The van der Waals surface area contributed by atoms with Gasteiger partial charge in [0.2, 0.25) is 5.95 Å². The lowest BCUT2D eigenvalue weighted by atomic mass is 9.93. The van der Waals surface area contributed by atoms with Gasteiger partial charge in [0.25, 0.3) is 6.43 Å². The average Bonchev–Trinajstić information content (AvgIpc) is 3.35. The van der Waals surface area contributed by atoms with Gasteiger partial charge in [0, 0.05) is 47.8 Å². The van der Waals surface area contributed by atoms with Gasteiger partial charge in [0.1, 0.15) is 11.5 Å². The number of fused-ring (bicyclic) bond motifs is 2. The predicted molar refractivity (Wildman–Crippen MR) is 122 cm³/mol. The molecule has 0 unspecified atom stereocenters. The Morgan fingerprint density at radius 3 is 2.76 bits per heavy atom. The summed E-state index contributed by atoms with van der Waals surface area (Å²) in [6.45, 7) is 4.09. The number of nitrogens with one attached hydrogen (secondary N) is 2. The van der Waals surface area contributed by atoms with E-state index in [2.05, 4.69) is 30.2 Å². The van der Waals surface area contributed by atoms with Crippen LogP contribution in [0.25, 0.3) is 33.3 Å². The van der Waals surface area contributed by atoms with Crippen molar-refractivity contribution in [3.63, 3.8) is 0 Å². The third-order valence-corrected chi connectivity index (χ3v) is 6.27. The Morgan fingerprint density at radius 2 is 2.00 bits per heavy atom. The standard InChI is InChI=1S/C23H27F2N7O/c1-3-33-16-6-4-15(5-7-16)30-23-28-11-18-17(10-27-21(18)31-23)14-8-19-22(26-9-14)29-13(2)32(19)12-20(24)25/h8-11,15-16,20H,3-7,12H2,1-2H3,(H2,27,28,30,31)/t15-,16+. The zero-order valence-corrected chi connectivity index (χ0v) is 18.7. The van der Waals surface area contributed by atoms with E-state index in [0.717, 1.165) is 48.8 Å². The lowest BCUT2D eigenvalue weighted by molar-refractivity contribution is 0.0346. The van der Waals surface area contributed by atoms with Gasteiger partial charge in [-0.05, 0) is 45.6 Å². The molecule has 0 spiro atoms. The molecule has 0 saturated heterocycles. The Balaban J connectivity index is 1.38. The third kappa shape index (κ3) is 4.39. The van der Waals surface area contributed by atoms with Crippen molar-refractivity contribution in [2.24, 2.45) is 0 Å². The molecule has 0 aromatic carbocycles. The molecule has 33 heavy (non-hydrogen) atoms. The van der Waals surface area contributed by atoms with Crippen LogP contribution in [-0.2, 0) is 11.3 Å². The molecule has 1 aliphatic carbocycles. The van der Waals surface area contributed by atoms with Crippen molar-refractivity contribution in [1.82, 2.24) is 29.5 Å². The summed E-state index contributed by atoms with van der Waals surface area (Å²) in [5.41, 5.74) is 3.41. The van der Waals surface area contributed by atoms with Crippen LogP contribution in [0.2, 0.25) is 0 Å². The van der Waals surface area contributed by atoms with Crippen molar-refractivity contribution >= 4 is 28.1 Å². The molecule has 10 heteroatoms. The molecule has 4 aromatic heterocycles. The first-order valence-corrected chi connectivity index (χ1v) is 11.4. The number of anilines is 1. The zero-order valence-electron chi connectivity index (χ0n) is 18.7. The predicted octanol–water partition coefficient (Wildman–Crippen LogP) is 4.70. The minimum Gasteiger partial charge on any atom is -0.379 e. The largest absolute Gasteiger partial charge is 0.379 e. The number of aryl methyl sites for hydroxylation is 1. The molecule has 0 radical (unpaired) electrons. The normalized spacial score (nSPS) is 19.1. The lowest BCUT2D eigenvalue weighted by Crippen LogP contribution is -2.30. The summed E-state index contributed by atoms with van der Waals surface area (Å²) >= 11 is 0. The molecule has 1 fully saturated rings. The number of pyridine rings is 1. The minimum atomic E-state index is -2.47. The first kappa shape index (κ1) is 21.7. The molecule has 0 aliphatic heterocycles. The Hall–Kier alpha value is -3.14. The fourth-order valence-corrected chi connectivity index (χ4v) is 4.64. The van der Waals surface area contributed by atoms with Crippen molar-refractivity contribution < 1.29 is 13.5 Å². The Bertz CT molecular complexity index is 1260. The van der Waals surface area contributed by atoms with Crippen LogP contribution < -0.4 is 5.32 Å². The maximum atomic E-state index is 13.0. The fraction of sp³-hybridized carbons (Fsp3) is 0.478. The van der Waals surface area contributed by atoms with Crippen molar-refractivity contribution in [2.75, 3.05) is 11.9 Å². The molecule has 4 heterocycles. The summed E-state index contributed by atoms with van der Waals surface area (Å²) in [5.74, 6) is 1.11. The number of rotatable bonds is 7. The van der Waals surface area contributed by atoms with Crippen LogP contribution in [0.1, 0.15) is 38.4 Å². The van der Waals surface area contributed by atoms with Crippen LogP contribution in [0.15, 0.2) is 24.7 Å². The monoisotopic (exact) mass is 455 g/mol. The molecule has 5 rings (SSSR count). The van der Waals surface area contributed by atoms with Crippen molar-refractivity contribution in [3.8, 4) is 11.1 Å². The summed E-state index contributed by atoms with van der Waals surface area (Å²) in [5, 5.41) is 4.29. The summed E-state index contributed by atoms with van der Waals surface area (Å²) in [4.78, 5) is 21.1. The van der Waals surface area contributed by atoms with Gasteiger partial charge in [0.15, 0.2) is 5.65 Å². The van der Waals surface area contributed by atoms with Crippen LogP contribution in [-0.4, -0.2) is 54.7 Å². The molecule has 0 bridgehead atoms. The SMILES string of the molecule is CCO[C@H]1CC[C@@H](Nc2ncc3c(-c4cnc5nc(C)n(CC(F)F)c5c4)c[nH]c3n2)CC1. The van der Waals surface area contributed by atoms with E-state index in [4.69, 9.17) is 4.74 Å². The van der Waals surface area contributed by atoms with Gasteiger partial charge in [-0.15, -0.1) is 0 Å². The molecule has 4 aromatic rings. The quantitative estimate of drug-likeness (QED) is 0.420. The first-order valence-electron chi connectivity index (χ1n) is 11.4. The van der Waals surface area contributed by atoms with Gasteiger partial charge in [-0.25, -0.2) is 23.7 Å². The second-order valence-electron chi connectivity index (χ2n) is 8.46. The van der Waals surface area contributed by atoms with Crippen LogP contribution in [0, 0.1) is 6.92 Å².